The number of aromatic nitrogens is 1. The van der Waals surface area contributed by atoms with Crippen molar-refractivity contribution in [3.8, 4) is 0 Å². The molecular weight excluding hydrogens is 258 g/mol. The van der Waals surface area contributed by atoms with Gasteiger partial charge in [-0.25, -0.2) is 4.98 Å². The second kappa shape index (κ2) is 5.30. The first-order valence-electron chi connectivity index (χ1n) is 8.20. The molecule has 0 radical (unpaired) electrons. The average Bonchev–Trinajstić information content (AvgIpc) is 3.25. The van der Waals surface area contributed by atoms with Crippen LogP contribution in [-0.2, 0) is 6.54 Å². The highest BCUT2D eigenvalue weighted by molar-refractivity contribution is 5.92. The van der Waals surface area contributed by atoms with Crippen molar-refractivity contribution < 1.29 is 0 Å². The molecule has 3 nitrogen and oxygen atoms in total. The van der Waals surface area contributed by atoms with E-state index in [0.29, 0.717) is 6.04 Å². The van der Waals surface area contributed by atoms with Crippen LogP contribution in [0.3, 0.4) is 0 Å². The van der Waals surface area contributed by atoms with Gasteiger partial charge in [0.1, 0.15) is 5.82 Å². The van der Waals surface area contributed by atoms with Crippen molar-refractivity contribution >= 4 is 16.6 Å². The molecule has 21 heavy (non-hydrogen) atoms. The van der Waals surface area contributed by atoms with Gasteiger partial charge in [-0.3, -0.25) is 0 Å². The minimum Gasteiger partial charge on any atom is -0.353 e. The highest BCUT2D eigenvalue weighted by Crippen LogP contribution is 2.31. The zero-order valence-electron chi connectivity index (χ0n) is 12.7. The summed E-state index contributed by atoms with van der Waals surface area (Å²) in [7, 11) is 0. The predicted molar refractivity (Wildman–Crippen MR) is 87.6 cm³/mol. The van der Waals surface area contributed by atoms with E-state index in [-0.39, 0.29) is 0 Å². The van der Waals surface area contributed by atoms with Crippen LogP contribution in [0.5, 0.6) is 0 Å². The Kier molecular flexibility index (Phi) is 3.30. The average molecular weight is 281 g/mol. The third-order valence-corrected chi connectivity index (χ3v) is 4.75. The van der Waals surface area contributed by atoms with Gasteiger partial charge in [-0.15, -0.1) is 0 Å². The normalized spacial score (nSPS) is 22.1. The number of benzene rings is 1. The quantitative estimate of drug-likeness (QED) is 0.930. The number of hydrogen-bond acceptors (Lipinski definition) is 3. The molecule has 1 aliphatic heterocycles. The van der Waals surface area contributed by atoms with Gasteiger partial charge in [-0.1, -0.05) is 24.3 Å². The zero-order valence-corrected chi connectivity index (χ0v) is 12.7. The van der Waals surface area contributed by atoms with Crippen molar-refractivity contribution in [2.24, 2.45) is 0 Å². The molecule has 1 N–H and O–H groups in total. The summed E-state index contributed by atoms with van der Waals surface area (Å²) >= 11 is 0. The molecule has 2 aromatic rings. The topological polar surface area (TPSA) is 28.2 Å². The lowest BCUT2D eigenvalue weighted by molar-refractivity contribution is 0.671. The molecule has 1 atom stereocenters. The van der Waals surface area contributed by atoms with Crippen LogP contribution in [0.4, 0.5) is 5.82 Å². The van der Waals surface area contributed by atoms with Gasteiger partial charge in [0.2, 0.25) is 0 Å². The SMILES string of the molecule is CC1CCCN1c1nc(CNC2CC2)cc2ccccc12. The number of rotatable bonds is 4. The number of nitrogens with one attached hydrogen (secondary N) is 1. The van der Waals surface area contributed by atoms with Crippen LogP contribution >= 0.6 is 0 Å². The number of pyridine rings is 1. The monoisotopic (exact) mass is 281 g/mol. The largest absolute Gasteiger partial charge is 0.353 e. The molecule has 110 valence electrons. The second-order valence-corrected chi connectivity index (χ2v) is 6.50. The second-order valence-electron chi connectivity index (χ2n) is 6.50. The van der Waals surface area contributed by atoms with Crippen LogP contribution < -0.4 is 10.2 Å². The summed E-state index contributed by atoms with van der Waals surface area (Å²) in [5, 5.41) is 6.19. The molecule has 1 unspecified atom stereocenters. The van der Waals surface area contributed by atoms with Crippen LogP contribution in [0, 0.1) is 0 Å². The Morgan fingerprint density at radius 1 is 1.24 bits per heavy atom. The third kappa shape index (κ3) is 2.62. The van der Waals surface area contributed by atoms with E-state index >= 15 is 0 Å². The smallest absolute Gasteiger partial charge is 0.137 e. The Labute approximate surface area is 126 Å². The number of anilines is 1. The van der Waals surface area contributed by atoms with Crippen molar-refractivity contribution in [1.29, 1.82) is 0 Å². The van der Waals surface area contributed by atoms with Gasteiger partial charge in [0, 0.05) is 30.6 Å². The zero-order chi connectivity index (χ0) is 14.2. The number of fused-ring (bicyclic) bond motifs is 1. The molecule has 0 amide bonds. The first kappa shape index (κ1) is 13.1. The molecule has 2 fully saturated rings. The highest BCUT2D eigenvalue weighted by atomic mass is 15.2. The van der Waals surface area contributed by atoms with E-state index in [2.05, 4.69) is 47.5 Å². The standard InChI is InChI=1S/C18H23N3/c1-13-5-4-10-21(13)18-17-7-3-2-6-14(17)11-16(20-18)12-19-15-8-9-15/h2-3,6-7,11,13,15,19H,4-5,8-10,12H2,1H3. The molecule has 0 spiro atoms. The fraction of sp³-hybridized carbons (Fsp3) is 0.500. The minimum absolute atomic E-state index is 0.604. The molecule has 3 heteroatoms. The Morgan fingerprint density at radius 3 is 2.86 bits per heavy atom. The van der Waals surface area contributed by atoms with E-state index in [0.717, 1.165) is 19.1 Å². The predicted octanol–water partition coefficient (Wildman–Crippen LogP) is 3.48. The Morgan fingerprint density at radius 2 is 2.10 bits per heavy atom. The van der Waals surface area contributed by atoms with Gasteiger partial charge in [-0.2, -0.15) is 0 Å². The summed E-state index contributed by atoms with van der Waals surface area (Å²) < 4.78 is 0. The van der Waals surface area contributed by atoms with Gasteiger partial charge in [0.05, 0.1) is 5.69 Å². The first-order chi connectivity index (χ1) is 10.3. The molecule has 4 rings (SSSR count). The van der Waals surface area contributed by atoms with Crippen LogP contribution in [0.25, 0.3) is 10.8 Å². The van der Waals surface area contributed by atoms with E-state index in [1.165, 1.54) is 48.0 Å². The maximum absolute atomic E-state index is 5.00. The minimum atomic E-state index is 0.604. The maximum atomic E-state index is 5.00. The molecule has 1 saturated carbocycles. The van der Waals surface area contributed by atoms with Crippen LogP contribution in [0.15, 0.2) is 30.3 Å². The van der Waals surface area contributed by atoms with Crippen molar-refractivity contribution in [1.82, 2.24) is 10.3 Å². The summed E-state index contributed by atoms with van der Waals surface area (Å²) in [6, 6.07) is 12.2. The van der Waals surface area contributed by atoms with E-state index < -0.39 is 0 Å². The van der Waals surface area contributed by atoms with Crippen LogP contribution in [0.1, 0.15) is 38.3 Å². The molecule has 1 aromatic heterocycles. The molecule has 1 aliphatic carbocycles. The molecule has 0 bridgehead atoms. The van der Waals surface area contributed by atoms with Gasteiger partial charge in [-0.05, 0) is 44.1 Å². The lowest BCUT2D eigenvalue weighted by Gasteiger charge is -2.25. The third-order valence-electron chi connectivity index (χ3n) is 4.75. The van der Waals surface area contributed by atoms with Crippen LogP contribution in [0.2, 0.25) is 0 Å². The molecule has 2 heterocycles. The Hall–Kier alpha value is -1.61. The first-order valence-corrected chi connectivity index (χ1v) is 8.20. The summed E-state index contributed by atoms with van der Waals surface area (Å²) in [5.41, 5.74) is 1.18. The van der Waals surface area contributed by atoms with E-state index in [9.17, 15) is 0 Å². The Balaban J connectivity index is 1.74. The molecule has 1 aromatic carbocycles. The summed E-state index contributed by atoms with van der Waals surface area (Å²) in [6.45, 7) is 4.35. The van der Waals surface area contributed by atoms with Crippen molar-refractivity contribution in [2.75, 3.05) is 11.4 Å². The van der Waals surface area contributed by atoms with Gasteiger partial charge >= 0.3 is 0 Å². The summed E-state index contributed by atoms with van der Waals surface area (Å²) in [5.74, 6) is 1.19. The number of hydrogen-bond donors (Lipinski definition) is 1. The van der Waals surface area contributed by atoms with Crippen molar-refractivity contribution in [2.45, 2.75) is 51.2 Å². The highest BCUT2D eigenvalue weighted by Gasteiger charge is 2.24. The molecule has 1 saturated heterocycles. The Bertz CT molecular complexity index is 648. The fourth-order valence-electron chi connectivity index (χ4n) is 3.33. The van der Waals surface area contributed by atoms with E-state index in [4.69, 9.17) is 4.98 Å². The van der Waals surface area contributed by atoms with E-state index in [1.807, 2.05) is 0 Å². The lowest BCUT2D eigenvalue weighted by atomic mass is 10.1. The maximum Gasteiger partial charge on any atom is 0.137 e. The van der Waals surface area contributed by atoms with Gasteiger partial charge in [0.15, 0.2) is 0 Å². The number of nitrogens with zero attached hydrogens (tertiary/aromatic N) is 2. The van der Waals surface area contributed by atoms with Gasteiger partial charge in [0.25, 0.3) is 0 Å². The van der Waals surface area contributed by atoms with Gasteiger partial charge < -0.3 is 10.2 Å². The fourth-order valence-corrected chi connectivity index (χ4v) is 3.33. The van der Waals surface area contributed by atoms with Crippen molar-refractivity contribution in [3.63, 3.8) is 0 Å². The van der Waals surface area contributed by atoms with Crippen molar-refractivity contribution in [3.05, 3.63) is 36.0 Å². The van der Waals surface area contributed by atoms with Crippen LogP contribution in [-0.4, -0.2) is 23.6 Å². The summed E-state index contributed by atoms with van der Waals surface area (Å²) in [6.07, 6.45) is 5.20. The summed E-state index contributed by atoms with van der Waals surface area (Å²) in [4.78, 5) is 7.49. The van der Waals surface area contributed by atoms with E-state index in [1.54, 1.807) is 0 Å². The lowest BCUT2D eigenvalue weighted by Crippen LogP contribution is -2.28. The molecular formula is C18H23N3. The molecule has 2 aliphatic rings.